The highest BCUT2D eigenvalue weighted by Gasteiger charge is 2.13. The number of carbonyl (C=O) groups is 2. The van der Waals surface area contributed by atoms with Gasteiger partial charge >= 0.3 is 0 Å². The van der Waals surface area contributed by atoms with Gasteiger partial charge in [0.1, 0.15) is 5.75 Å². The van der Waals surface area contributed by atoms with E-state index in [4.69, 9.17) is 16.3 Å². The van der Waals surface area contributed by atoms with E-state index in [0.29, 0.717) is 28.6 Å². The summed E-state index contributed by atoms with van der Waals surface area (Å²) in [5.74, 6) is -0.305. The van der Waals surface area contributed by atoms with Gasteiger partial charge in [-0.25, -0.2) is 0 Å². The second kappa shape index (κ2) is 9.58. The molecular formula is C22H19ClN2O3. The van der Waals surface area contributed by atoms with Crippen molar-refractivity contribution >= 4 is 29.1 Å². The average molecular weight is 395 g/mol. The molecule has 0 saturated heterocycles. The Kier molecular flexibility index (Phi) is 6.65. The van der Waals surface area contributed by atoms with Crippen molar-refractivity contribution in [1.29, 1.82) is 0 Å². The van der Waals surface area contributed by atoms with Gasteiger partial charge in [-0.05, 0) is 29.8 Å². The van der Waals surface area contributed by atoms with E-state index in [1.54, 1.807) is 48.5 Å². The van der Waals surface area contributed by atoms with Crippen molar-refractivity contribution in [1.82, 2.24) is 5.32 Å². The van der Waals surface area contributed by atoms with Crippen molar-refractivity contribution in [3.05, 3.63) is 95.0 Å². The van der Waals surface area contributed by atoms with Gasteiger partial charge in [-0.3, -0.25) is 9.59 Å². The summed E-state index contributed by atoms with van der Waals surface area (Å²) in [6.07, 6.45) is 0. The lowest BCUT2D eigenvalue weighted by molar-refractivity contribution is -0.118. The van der Waals surface area contributed by atoms with Crippen molar-refractivity contribution in [2.24, 2.45) is 0 Å². The molecule has 0 aromatic heterocycles. The third kappa shape index (κ3) is 5.34. The molecule has 0 radical (unpaired) electrons. The van der Waals surface area contributed by atoms with Gasteiger partial charge in [-0.15, -0.1) is 0 Å². The molecule has 0 atom stereocenters. The van der Waals surface area contributed by atoms with Gasteiger partial charge in [0.25, 0.3) is 11.8 Å². The molecule has 3 aromatic rings. The van der Waals surface area contributed by atoms with E-state index in [9.17, 15) is 9.59 Å². The summed E-state index contributed by atoms with van der Waals surface area (Å²) in [5, 5.41) is 5.97. The molecule has 5 nitrogen and oxygen atoms in total. The average Bonchev–Trinajstić information content (AvgIpc) is 2.73. The van der Waals surface area contributed by atoms with Crippen LogP contribution in [0.4, 0.5) is 5.69 Å². The maximum Gasteiger partial charge on any atom is 0.262 e. The monoisotopic (exact) mass is 394 g/mol. The number of nitrogens with one attached hydrogen (secondary N) is 2. The molecular weight excluding hydrogens is 376 g/mol. The third-order valence-electron chi connectivity index (χ3n) is 3.93. The third-order valence-corrected chi connectivity index (χ3v) is 4.26. The van der Waals surface area contributed by atoms with Crippen LogP contribution in [0.3, 0.4) is 0 Å². The number of benzene rings is 3. The molecule has 0 spiro atoms. The van der Waals surface area contributed by atoms with Crippen LogP contribution < -0.4 is 15.4 Å². The number of rotatable bonds is 7. The van der Waals surface area contributed by atoms with Crippen molar-refractivity contribution in [3.63, 3.8) is 0 Å². The van der Waals surface area contributed by atoms with E-state index in [0.717, 1.165) is 5.56 Å². The molecule has 0 heterocycles. The molecule has 2 amide bonds. The van der Waals surface area contributed by atoms with Gasteiger partial charge in [-0.2, -0.15) is 0 Å². The first-order valence-corrected chi connectivity index (χ1v) is 9.09. The maximum atomic E-state index is 12.5. The van der Waals surface area contributed by atoms with E-state index in [2.05, 4.69) is 10.6 Å². The van der Waals surface area contributed by atoms with Crippen LogP contribution in [0.1, 0.15) is 15.9 Å². The molecule has 6 heteroatoms. The second-order valence-corrected chi connectivity index (χ2v) is 6.39. The summed E-state index contributed by atoms with van der Waals surface area (Å²) < 4.78 is 5.57. The topological polar surface area (TPSA) is 67.4 Å². The molecule has 2 N–H and O–H groups in total. The lowest BCUT2D eigenvalue weighted by atomic mass is 10.1. The predicted octanol–water partition coefficient (Wildman–Crippen LogP) is 4.29. The van der Waals surface area contributed by atoms with Crippen molar-refractivity contribution < 1.29 is 14.3 Å². The van der Waals surface area contributed by atoms with E-state index in [-0.39, 0.29) is 18.4 Å². The minimum atomic E-state index is -0.368. The largest absolute Gasteiger partial charge is 0.483 e. The Bertz CT molecular complexity index is 961. The molecule has 0 bridgehead atoms. The molecule has 3 rings (SSSR count). The summed E-state index contributed by atoms with van der Waals surface area (Å²) in [6, 6.07) is 23.3. The maximum absolute atomic E-state index is 12.5. The highest BCUT2D eigenvalue weighted by molar-refractivity contribution is 6.33. The summed E-state index contributed by atoms with van der Waals surface area (Å²) in [7, 11) is 0. The molecule has 0 saturated carbocycles. The van der Waals surface area contributed by atoms with E-state index in [1.165, 1.54) is 0 Å². The minimum absolute atomic E-state index is 0.242. The van der Waals surface area contributed by atoms with Gasteiger partial charge in [-0.1, -0.05) is 66.2 Å². The number of carbonyl (C=O) groups excluding carboxylic acids is 2. The molecule has 28 heavy (non-hydrogen) atoms. The van der Waals surface area contributed by atoms with Crippen LogP contribution >= 0.6 is 11.6 Å². The van der Waals surface area contributed by atoms with Gasteiger partial charge < -0.3 is 15.4 Å². The molecule has 0 fully saturated rings. The van der Waals surface area contributed by atoms with Crippen LogP contribution in [-0.2, 0) is 11.3 Å². The van der Waals surface area contributed by atoms with Crippen LogP contribution in [0, 0.1) is 0 Å². The molecule has 0 unspecified atom stereocenters. The molecule has 0 aliphatic heterocycles. The first-order valence-electron chi connectivity index (χ1n) is 8.72. The first kappa shape index (κ1) is 19.5. The fourth-order valence-electron chi connectivity index (χ4n) is 2.55. The standard InChI is InChI=1S/C22H19ClN2O3/c23-18-11-5-6-12-19(18)25-21(26)15-28-20-13-7-4-10-17(20)22(27)24-14-16-8-2-1-3-9-16/h1-13H,14-15H2,(H,24,27)(H,25,26). The molecule has 142 valence electrons. The normalized spacial score (nSPS) is 10.2. The van der Waals surface area contributed by atoms with E-state index in [1.807, 2.05) is 30.3 Å². The van der Waals surface area contributed by atoms with Gasteiger partial charge in [0.05, 0.1) is 16.3 Å². The number of hydrogen-bond acceptors (Lipinski definition) is 3. The Morgan fingerprint density at radius 2 is 1.54 bits per heavy atom. The Hall–Kier alpha value is -3.31. The summed E-state index contributed by atoms with van der Waals surface area (Å²) >= 11 is 6.03. The molecule has 0 aliphatic carbocycles. The highest BCUT2D eigenvalue weighted by Crippen LogP contribution is 2.21. The predicted molar refractivity (Wildman–Crippen MR) is 110 cm³/mol. The van der Waals surface area contributed by atoms with Crippen LogP contribution in [0.25, 0.3) is 0 Å². The van der Waals surface area contributed by atoms with Crippen LogP contribution in [0.5, 0.6) is 5.75 Å². The van der Waals surface area contributed by atoms with Crippen LogP contribution in [0.2, 0.25) is 5.02 Å². The van der Waals surface area contributed by atoms with Crippen molar-refractivity contribution in [2.45, 2.75) is 6.54 Å². The van der Waals surface area contributed by atoms with E-state index < -0.39 is 0 Å². The van der Waals surface area contributed by atoms with Crippen LogP contribution in [-0.4, -0.2) is 18.4 Å². The van der Waals surface area contributed by atoms with Gasteiger partial charge in [0.2, 0.25) is 0 Å². The van der Waals surface area contributed by atoms with Crippen molar-refractivity contribution in [2.75, 3.05) is 11.9 Å². The second-order valence-electron chi connectivity index (χ2n) is 5.98. The SMILES string of the molecule is O=C(COc1ccccc1C(=O)NCc1ccccc1)Nc1ccccc1Cl. The Morgan fingerprint density at radius 3 is 2.32 bits per heavy atom. The van der Waals surface area contributed by atoms with Gasteiger partial charge in [0, 0.05) is 6.54 Å². The fourth-order valence-corrected chi connectivity index (χ4v) is 2.73. The number of amides is 2. The summed E-state index contributed by atoms with van der Waals surface area (Å²) in [5.41, 5.74) is 1.86. The lowest BCUT2D eigenvalue weighted by Gasteiger charge is -2.12. The zero-order valence-corrected chi connectivity index (χ0v) is 15.8. The number of hydrogen-bond donors (Lipinski definition) is 2. The Morgan fingerprint density at radius 1 is 0.857 bits per heavy atom. The number of halogens is 1. The van der Waals surface area contributed by atoms with Crippen LogP contribution in [0.15, 0.2) is 78.9 Å². The zero-order valence-electron chi connectivity index (χ0n) is 15.0. The molecule has 0 aliphatic rings. The Labute approximate surface area is 168 Å². The summed E-state index contributed by atoms with van der Waals surface area (Å²) in [4.78, 5) is 24.6. The highest BCUT2D eigenvalue weighted by atomic mass is 35.5. The smallest absolute Gasteiger partial charge is 0.262 e. The number of ether oxygens (including phenoxy) is 1. The minimum Gasteiger partial charge on any atom is -0.483 e. The zero-order chi connectivity index (χ0) is 19.8. The lowest BCUT2D eigenvalue weighted by Crippen LogP contribution is -2.25. The Balaban J connectivity index is 1.59. The van der Waals surface area contributed by atoms with Crippen molar-refractivity contribution in [3.8, 4) is 5.75 Å². The fraction of sp³-hybridized carbons (Fsp3) is 0.0909. The first-order chi connectivity index (χ1) is 13.6. The molecule has 3 aromatic carbocycles. The number of anilines is 1. The quantitative estimate of drug-likeness (QED) is 0.628. The van der Waals surface area contributed by atoms with Gasteiger partial charge in [0.15, 0.2) is 6.61 Å². The number of para-hydroxylation sites is 2. The summed E-state index contributed by atoms with van der Waals surface area (Å²) in [6.45, 7) is 0.162. The van der Waals surface area contributed by atoms with E-state index >= 15 is 0 Å².